The van der Waals surface area contributed by atoms with Gasteiger partial charge in [0, 0.05) is 19.3 Å². The number of aryl methyl sites for hydroxylation is 1. The van der Waals surface area contributed by atoms with Crippen LogP contribution in [0.1, 0.15) is 25.2 Å². The molecule has 2 amide bonds. The first-order valence-corrected chi connectivity index (χ1v) is 7.43. The molecule has 2 N–H and O–H groups in total. The number of hydrogen-bond acceptors (Lipinski definition) is 4. The third kappa shape index (κ3) is 5.07. The van der Waals surface area contributed by atoms with Crippen molar-refractivity contribution in [1.82, 2.24) is 19.7 Å². The van der Waals surface area contributed by atoms with Crippen LogP contribution in [0.15, 0.2) is 30.5 Å². The van der Waals surface area contributed by atoms with Gasteiger partial charge >= 0.3 is 6.03 Å². The van der Waals surface area contributed by atoms with Crippen molar-refractivity contribution in [3.05, 3.63) is 41.9 Å². The minimum atomic E-state index is -0.948. The highest BCUT2D eigenvalue weighted by Gasteiger charge is 2.20. The van der Waals surface area contributed by atoms with Gasteiger partial charge in [0.05, 0.1) is 30.1 Å². The van der Waals surface area contributed by atoms with Crippen molar-refractivity contribution in [2.45, 2.75) is 32.9 Å². The molecule has 2 aromatic rings. The van der Waals surface area contributed by atoms with E-state index in [-0.39, 0.29) is 12.6 Å². The first-order chi connectivity index (χ1) is 10.7. The number of carbonyl (C=O) groups excluding carboxylic acids is 1. The van der Waals surface area contributed by atoms with Gasteiger partial charge in [-0.05, 0) is 32.9 Å². The van der Waals surface area contributed by atoms with E-state index in [2.05, 4.69) is 15.4 Å². The summed E-state index contributed by atoms with van der Waals surface area (Å²) in [6, 6.07) is 7.18. The summed E-state index contributed by atoms with van der Waals surface area (Å²) in [7, 11) is 1.64. The van der Waals surface area contributed by atoms with Crippen LogP contribution in [0, 0.1) is 6.92 Å². The van der Waals surface area contributed by atoms with E-state index in [1.54, 1.807) is 37.8 Å². The predicted molar refractivity (Wildman–Crippen MR) is 88.2 cm³/mol. The summed E-state index contributed by atoms with van der Waals surface area (Å²) in [6.45, 7) is 5.88. The summed E-state index contributed by atoms with van der Waals surface area (Å²) in [5.41, 5.74) is 0.716. The highest BCUT2D eigenvalue weighted by molar-refractivity contribution is 5.88. The molecule has 0 saturated heterocycles. The Kier molecular flexibility index (Phi) is 5.00. The van der Waals surface area contributed by atoms with Crippen LogP contribution in [0.25, 0.3) is 0 Å². The van der Waals surface area contributed by atoms with Crippen molar-refractivity contribution in [2.24, 2.45) is 0 Å². The van der Waals surface area contributed by atoms with Gasteiger partial charge in [-0.15, -0.1) is 0 Å². The zero-order valence-electron chi connectivity index (χ0n) is 13.9. The van der Waals surface area contributed by atoms with Crippen LogP contribution >= 0.6 is 0 Å². The van der Waals surface area contributed by atoms with Gasteiger partial charge in [0.15, 0.2) is 0 Å². The highest BCUT2D eigenvalue weighted by atomic mass is 16.3. The first-order valence-electron chi connectivity index (χ1n) is 7.43. The number of carbonyl (C=O) groups is 1. The lowest BCUT2D eigenvalue weighted by Crippen LogP contribution is -2.42. The molecule has 0 unspecified atom stereocenters. The zero-order chi connectivity index (χ0) is 17.0. The van der Waals surface area contributed by atoms with Gasteiger partial charge in [-0.25, -0.2) is 9.48 Å². The van der Waals surface area contributed by atoms with Crippen LogP contribution in [0.3, 0.4) is 0 Å². The van der Waals surface area contributed by atoms with Gasteiger partial charge in [0.2, 0.25) is 0 Å². The SMILES string of the molecule is Cc1cc(NC(=O)N(C)CC(C)(C)O)n(Cc2ccccn2)n1. The number of nitrogens with one attached hydrogen (secondary N) is 1. The molecule has 2 aromatic heterocycles. The quantitative estimate of drug-likeness (QED) is 0.882. The van der Waals surface area contributed by atoms with Crippen molar-refractivity contribution in [3.63, 3.8) is 0 Å². The maximum atomic E-state index is 12.3. The molecule has 0 bridgehead atoms. The number of likely N-dealkylation sites (N-methyl/N-ethyl adjacent to an activating group) is 1. The fourth-order valence-electron chi connectivity index (χ4n) is 2.27. The topological polar surface area (TPSA) is 83.3 Å². The number of nitrogens with zero attached hydrogens (tertiary/aromatic N) is 4. The van der Waals surface area contributed by atoms with E-state index in [9.17, 15) is 9.90 Å². The predicted octanol–water partition coefficient (Wildman–Crippen LogP) is 1.87. The number of aliphatic hydroxyl groups is 1. The third-order valence-corrected chi connectivity index (χ3v) is 3.15. The zero-order valence-corrected chi connectivity index (χ0v) is 13.9. The van der Waals surface area contributed by atoms with Crippen LogP contribution in [-0.4, -0.2) is 50.0 Å². The van der Waals surface area contributed by atoms with Gasteiger partial charge in [-0.3, -0.25) is 10.3 Å². The summed E-state index contributed by atoms with van der Waals surface area (Å²) < 4.78 is 1.70. The Morgan fingerprint density at radius 1 is 1.43 bits per heavy atom. The number of aromatic nitrogens is 3. The highest BCUT2D eigenvalue weighted by Crippen LogP contribution is 2.13. The molecule has 2 rings (SSSR count). The van der Waals surface area contributed by atoms with Crippen molar-refractivity contribution in [1.29, 1.82) is 0 Å². The second kappa shape index (κ2) is 6.78. The average Bonchev–Trinajstić information content (AvgIpc) is 2.77. The van der Waals surface area contributed by atoms with Crippen LogP contribution in [0.5, 0.6) is 0 Å². The molecule has 0 aliphatic heterocycles. The molecule has 0 fully saturated rings. The number of anilines is 1. The minimum absolute atomic E-state index is 0.228. The van der Waals surface area contributed by atoms with E-state index < -0.39 is 5.60 Å². The van der Waals surface area contributed by atoms with Crippen molar-refractivity contribution in [3.8, 4) is 0 Å². The summed E-state index contributed by atoms with van der Waals surface area (Å²) >= 11 is 0. The van der Waals surface area contributed by atoms with E-state index in [1.165, 1.54) is 4.90 Å². The van der Waals surface area contributed by atoms with E-state index >= 15 is 0 Å². The smallest absolute Gasteiger partial charge is 0.322 e. The van der Waals surface area contributed by atoms with Crippen molar-refractivity contribution >= 4 is 11.8 Å². The molecular formula is C16H23N5O2. The minimum Gasteiger partial charge on any atom is -0.389 e. The molecule has 0 aliphatic carbocycles. The fraction of sp³-hybridized carbons (Fsp3) is 0.438. The van der Waals surface area contributed by atoms with E-state index in [0.29, 0.717) is 12.4 Å². The standard InChI is InChI=1S/C16H23N5O2/c1-12-9-14(18-15(22)20(4)11-16(2,3)23)21(19-12)10-13-7-5-6-8-17-13/h5-9,23H,10-11H2,1-4H3,(H,18,22). The van der Waals surface area contributed by atoms with Crippen LogP contribution < -0.4 is 5.32 Å². The molecule has 23 heavy (non-hydrogen) atoms. The Hall–Kier alpha value is -2.41. The van der Waals surface area contributed by atoms with Gasteiger partial charge in [0.1, 0.15) is 5.82 Å². The molecule has 0 radical (unpaired) electrons. The van der Waals surface area contributed by atoms with E-state index in [0.717, 1.165) is 11.4 Å². The lowest BCUT2D eigenvalue weighted by molar-refractivity contribution is 0.0550. The Balaban J connectivity index is 2.10. The third-order valence-electron chi connectivity index (χ3n) is 3.15. The Bertz CT molecular complexity index is 661. The molecule has 0 aliphatic rings. The monoisotopic (exact) mass is 317 g/mol. The Labute approximate surface area is 136 Å². The largest absolute Gasteiger partial charge is 0.389 e. The molecular weight excluding hydrogens is 294 g/mol. The molecule has 124 valence electrons. The number of amides is 2. The van der Waals surface area contributed by atoms with Gasteiger partial charge in [-0.2, -0.15) is 5.10 Å². The van der Waals surface area contributed by atoms with Crippen molar-refractivity contribution < 1.29 is 9.90 Å². The van der Waals surface area contributed by atoms with Crippen LogP contribution in [-0.2, 0) is 6.54 Å². The maximum absolute atomic E-state index is 12.3. The number of pyridine rings is 1. The lowest BCUT2D eigenvalue weighted by atomic mass is 10.1. The molecule has 0 atom stereocenters. The summed E-state index contributed by atoms with van der Waals surface area (Å²) in [6.07, 6.45) is 1.72. The molecule has 0 spiro atoms. The van der Waals surface area contributed by atoms with Gasteiger partial charge in [-0.1, -0.05) is 6.07 Å². The average molecular weight is 317 g/mol. The van der Waals surface area contributed by atoms with Gasteiger partial charge in [0.25, 0.3) is 0 Å². The summed E-state index contributed by atoms with van der Waals surface area (Å²) in [4.78, 5) is 18.0. The maximum Gasteiger partial charge on any atom is 0.322 e. The molecule has 7 heteroatoms. The van der Waals surface area contributed by atoms with E-state index in [1.807, 2.05) is 25.1 Å². The van der Waals surface area contributed by atoms with Crippen LogP contribution in [0.2, 0.25) is 0 Å². The number of hydrogen-bond donors (Lipinski definition) is 2. The van der Waals surface area contributed by atoms with E-state index in [4.69, 9.17) is 0 Å². The molecule has 0 saturated carbocycles. The molecule has 2 heterocycles. The normalized spacial score (nSPS) is 11.3. The van der Waals surface area contributed by atoms with Crippen LogP contribution in [0.4, 0.5) is 10.6 Å². The number of urea groups is 1. The van der Waals surface area contributed by atoms with Crippen molar-refractivity contribution in [2.75, 3.05) is 18.9 Å². The molecule has 0 aromatic carbocycles. The first kappa shape index (κ1) is 17.0. The second-order valence-corrected chi connectivity index (χ2v) is 6.25. The second-order valence-electron chi connectivity index (χ2n) is 6.25. The molecule has 7 nitrogen and oxygen atoms in total. The van der Waals surface area contributed by atoms with Gasteiger partial charge < -0.3 is 10.0 Å². The summed E-state index contributed by atoms with van der Waals surface area (Å²) in [5, 5.41) is 17.0. The summed E-state index contributed by atoms with van der Waals surface area (Å²) in [5.74, 6) is 0.598. The number of rotatable bonds is 5. The Morgan fingerprint density at radius 3 is 2.78 bits per heavy atom. The fourth-order valence-corrected chi connectivity index (χ4v) is 2.27. The lowest BCUT2D eigenvalue weighted by Gasteiger charge is -2.25. The Morgan fingerprint density at radius 2 is 2.17 bits per heavy atom.